The molecule has 3 N–H and O–H groups in total. The Morgan fingerprint density at radius 3 is 1.96 bits per heavy atom. The van der Waals surface area contributed by atoms with Gasteiger partial charge in [-0.05, 0) is 28.4 Å². The minimum absolute atomic E-state index is 0.00296. The summed E-state index contributed by atoms with van der Waals surface area (Å²) in [5.74, 6) is 4.68. The molecule has 0 aromatic heterocycles. The smallest absolute Gasteiger partial charge is 0.252 e. The van der Waals surface area contributed by atoms with E-state index >= 15 is 0 Å². The molecule has 1 atom stereocenters. The van der Waals surface area contributed by atoms with Gasteiger partial charge in [0.1, 0.15) is 5.41 Å². The summed E-state index contributed by atoms with van der Waals surface area (Å²) in [6, 6.07) is 7.49. The summed E-state index contributed by atoms with van der Waals surface area (Å²) < 4.78 is 0. The molecule has 1 aromatic carbocycles. The van der Waals surface area contributed by atoms with Gasteiger partial charge in [-0.15, -0.1) is 0 Å². The van der Waals surface area contributed by atoms with E-state index in [0.717, 1.165) is 11.1 Å². The Kier molecular flexibility index (Phi) is 5.29. The summed E-state index contributed by atoms with van der Waals surface area (Å²) in [4.78, 5) is 25.8. The van der Waals surface area contributed by atoms with Gasteiger partial charge in [0.15, 0.2) is 5.78 Å². The molecule has 0 radical (unpaired) electrons. The van der Waals surface area contributed by atoms with Crippen LogP contribution in [0.2, 0.25) is 0 Å². The predicted octanol–water partition coefficient (Wildman–Crippen LogP) is 4.08. The zero-order chi connectivity index (χ0) is 19.8. The highest BCUT2D eigenvalue weighted by Gasteiger charge is 2.44. The van der Waals surface area contributed by atoms with E-state index < -0.39 is 11.3 Å². The molecule has 2 rings (SSSR count). The zero-order valence-electron chi connectivity index (χ0n) is 16.6. The highest BCUT2D eigenvalue weighted by atomic mass is 16.2. The first-order valence-electron chi connectivity index (χ1n) is 8.98. The SMILES string of the molecule is CC(C)(C)C1=CCC(C(=O)NN)(C(=O)c2ccc(C(C)(C)C)cc2)C=C1. The summed E-state index contributed by atoms with van der Waals surface area (Å²) in [6.07, 6.45) is 5.85. The first-order chi connectivity index (χ1) is 11.9. The number of hydrogen-bond acceptors (Lipinski definition) is 3. The van der Waals surface area contributed by atoms with Gasteiger partial charge < -0.3 is 0 Å². The van der Waals surface area contributed by atoms with Crippen LogP contribution < -0.4 is 11.3 Å². The van der Waals surface area contributed by atoms with Crippen molar-refractivity contribution in [3.8, 4) is 0 Å². The third-order valence-electron chi connectivity index (χ3n) is 5.01. The van der Waals surface area contributed by atoms with Crippen LogP contribution in [0.1, 0.15) is 63.9 Å². The number of benzene rings is 1. The Morgan fingerprint density at radius 2 is 1.58 bits per heavy atom. The number of allylic oxidation sites excluding steroid dienone is 3. The Hall–Kier alpha value is -2.20. The van der Waals surface area contributed by atoms with Crippen LogP contribution in [-0.2, 0) is 10.2 Å². The van der Waals surface area contributed by atoms with Gasteiger partial charge in [0.05, 0.1) is 0 Å². The predicted molar refractivity (Wildman–Crippen MR) is 106 cm³/mol. The normalized spacial score (nSPS) is 20.5. The van der Waals surface area contributed by atoms with Gasteiger partial charge in [-0.3, -0.25) is 15.0 Å². The van der Waals surface area contributed by atoms with Crippen LogP contribution in [0.3, 0.4) is 0 Å². The van der Waals surface area contributed by atoms with Crippen molar-refractivity contribution >= 4 is 11.7 Å². The molecule has 26 heavy (non-hydrogen) atoms. The molecule has 1 aliphatic rings. The molecular formula is C22H30N2O2. The van der Waals surface area contributed by atoms with Crippen molar-refractivity contribution in [2.75, 3.05) is 0 Å². The Balaban J connectivity index is 2.40. The Morgan fingerprint density at radius 1 is 1.00 bits per heavy atom. The lowest BCUT2D eigenvalue weighted by Gasteiger charge is -2.32. The van der Waals surface area contributed by atoms with Crippen LogP contribution in [0.4, 0.5) is 0 Å². The number of hydrazine groups is 1. The molecule has 0 saturated carbocycles. The molecule has 140 valence electrons. The fraction of sp³-hybridized carbons (Fsp3) is 0.455. The molecule has 1 aliphatic carbocycles. The molecule has 4 heteroatoms. The van der Waals surface area contributed by atoms with Crippen molar-refractivity contribution in [2.45, 2.75) is 53.4 Å². The number of amides is 1. The van der Waals surface area contributed by atoms with E-state index in [1.54, 1.807) is 18.2 Å². The largest absolute Gasteiger partial charge is 0.293 e. The average molecular weight is 354 g/mol. The number of Topliss-reactive ketones (excluding diaryl/α,β-unsaturated/α-hetero) is 1. The van der Waals surface area contributed by atoms with E-state index in [1.165, 1.54) is 0 Å². The van der Waals surface area contributed by atoms with Crippen LogP contribution in [0.5, 0.6) is 0 Å². The average Bonchev–Trinajstić information content (AvgIpc) is 2.59. The van der Waals surface area contributed by atoms with Gasteiger partial charge >= 0.3 is 0 Å². The summed E-state index contributed by atoms with van der Waals surface area (Å²) in [5.41, 5.74) is 3.59. The number of ketones is 1. The molecule has 0 saturated heterocycles. The standard InChI is InChI=1S/C22H30N2O2/c1-20(2,3)16-9-7-15(8-10-16)18(25)22(19(26)24-23)13-11-17(12-14-22)21(4,5)6/h7-13H,14,23H2,1-6H3,(H,24,26). The van der Waals surface area contributed by atoms with E-state index in [2.05, 4.69) is 47.0 Å². The van der Waals surface area contributed by atoms with Crippen LogP contribution in [0.15, 0.2) is 48.1 Å². The Labute approximate surface area is 156 Å². The van der Waals surface area contributed by atoms with Crippen molar-refractivity contribution in [3.63, 3.8) is 0 Å². The summed E-state index contributed by atoms with van der Waals surface area (Å²) in [5, 5.41) is 0. The lowest BCUT2D eigenvalue weighted by Crippen LogP contribution is -2.48. The minimum Gasteiger partial charge on any atom is -0.293 e. The van der Waals surface area contributed by atoms with E-state index in [9.17, 15) is 9.59 Å². The van der Waals surface area contributed by atoms with E-state index in [1.807, 2.05) is 24.3 Å². The zero-order valence-corrected chi connectivity index (χ0v) is 16.6. The lowest BCUT2D eigenvalue weighted by atomic mass is 9.70. The number of carbonyl (C=O) groups is 2. The molecular weight excluding hydrogens is 324 g/mol. The van der Waals surface area contributed by atoms with Crippen LogP contribution >= 0.6 is 0 Å². The van der Waals surface area contributed by atoms with Gasteiger partial charge in [0.25, 0.3) is 5.91 Å². The minimum atomic E-state index is -1.30. The molecule has 0 heterocycles. The van der Waals surface area contributed by atoms with Gasteiger partial charge in [-0.2, -0.15) is 0 Å². The number of nitrogens with one attached hydrogen (secondary N) is 1. The highest BCUT2D eigenvalue weighted by molar-refractivity contribution is 6.15. The third kappa shape index (κ3) is 3.80. The maximum Gasteiger partial charge on any atom is 0.252 e. The maximum atomic E-state index is 13.2. The van der Waals surface area contributed by atoms with Crippen LogP contribution in [0.25, 0.3) is 0 Å². The number of nitrogens with two attached hydrogens (primary N) is 1. The molecule has 0 fully saturated rings. The topological polar surface area (TPSA) is 72.2 Å². The van der Waals surface area contributed by atoms with Crippen molar-refractivity contribution in [3.05, 3.63) is 59.2 Å². The van der Waals surface area contributed by atoms with E-state index in [4.69, 9.17) is 5.84 Å². The fourth-order valence-corrected chi connectivity index (χ4v) is 3.14. The molecule has 0 spiro atoms. The van der Waals surface area contributed by atoms with Crippen molar-refractivity contribution in [2.24, 2.45) is 16.7 Å². The molecule has 4 nitrogen and oxygen atoms in total. The maximum absolute atomic E-state index is 13.2. The first-order valence-corrected chi connectivity index (χ1v) is 8.98. The fourth-order valence-electron chi connectivity index (χ4n) is 3.14. The van der Waals surface area contributed by atoms with Crippen molar-refractivity contribution in [1.82, 2.24) is 5.43 Å². The second kappa shape index (κ2) is 6.84. The molecule has 0 aliphatic heterocycles. The van der Waals surface area contributed by atoms with Crippen LogP contribution in [-0.4, -0.2) is 11.7 Å². The molecule has 1 unspecified atom stereocenters. The summed E-state index contributed by atoms with van der Waals surface area (Å²) >= 11 is 0. The summed E-state index contributed by atoms with van der Waals surface area (Å²) in [7, 11) is 0. The number of hydrogen-bond donors (Lipinski definition) is 2. The number of carbonyl (C=O) groups excluding carboxylic acids is 2. The molecule has 1 aromatic rings. The first kappa shape index (κ1) is 20.1. The lowest BCUT2D eigenvalue weighted by molar-refractivity contribution is -0.126. The molecule has 1 amide bonds. The third-order valence-corrected chi connectivity index (χ3v) is 5.01. The highest BCUT2D eigenvalue weighted by Crippen LogP contribution is 2.39. The van der Waals surface area contributed by atoms with E-state index in [0.29, 0.717) is 12.0 Å². The molecule has 0 bridgehead atoms. The van der Waals surface area contributed by atoms with Crippen molar-refractivity contribution < 1.29 is 9.59 Å². The number of rotatable bonds is 3. The van der Waals surface area contributed by atoms with Gasteiger partial charge in [-0.25, -0.2) is 5.84 Å². The quantitative estimate of drug-likeness (QED) is 0.282. The second-order valence-corrected chi connectivity index (χ2v) is 9.05. The second-order valence-electron chi connectivity index (χ2n) is 9.05. The van der Waals surface area contributed by atoms with Crippen LogP contribution in [0, 0.1) is 10.8 Å². The summed E-state index contributed by atoms with van der Waals surface area (Å²) in [6.45, 7) is 12.7. The van der Waals surface area contributed by atoms with E-state index in [-0.39, 0.29) is 16.6 Å². The monoisotopic (exact) mass is 354 g/mol. The van der Waals surface area contributed by atoms with Gasteiger partial charge in [0.2, 0.25) is 0 Å². The Bertz CT molecular complexity index is 759. The van der Waals surface area contributed by atoms with Crippen molar-refractivity contribution in [1.29, 1.82) is 0 Å². The van der Waals surface area contributed by atoms with Gasteiger partial charge in [0, 0.05) is 5.56 Å². The van der Waals surface area contributed by atoms with Gasteiger partial charge in [-0.1, -0.05) is 84.0 Å².